The topological polar surface area (TPSA) is 58.2 Å². The van der Waals surface area contributed by atoms with Crippen molar-refractivity contribution in [2.45, 2.75) is 37.5 Å². The lowest BCUT2D eigenvalue weighted by Gasteiger charge is -2.20. The number of benzene rings is 1. The van der Waals surface area contributed by atoms with Gasteiger partial charge in [0.1, 0.15) is 0 Å². The molecule has 0 spiro atoms. The molecule has 5 heteroatoms. The van der Waals surface area contributed by atoms with Gasteiger partial charge in [-0.05, 0) is 50.2 Å². The van der Waals surface area contributed by atoms with E-state index in [0.717, 1.165) is 17.2 Å². The molecule has 0 heterocycles. The van der Waals surface area contributed by atoms with Crippen molar-refractivity contribution < 1.29 is 9.59 Å². The fourth-order valence-electron chi connectivity index (χ4n) is 3.61. The van der Waals surface area contributed by atoms with Crippen molar-refractivity contribution >= 4 is 23.6 Å². The SMILES string of the molecule is Cc1ccc(SCC(=O)NNC(=O)C2CC3CCC2C3)cc1. The predicted molar refractivity (Wildman–Crippen MR) is 87.1 cm³/mol. The first kappa shape index (κ1) is 15.4. The average molecular weight is 318 g/mol. The van der Waals surface area contributed by atoms with E-state index in [4.69, 9.17) is 0 Å². The van der Waals surface area contributed by atoms with E-state index in [9.17, 15) is 9.59 Å². The van der Waals surface area contributed by atoms with Gasteiger partial charge in [0.25, 0.3) is 0 Å². The molecule has 0 aromatic heterocycles. The van der Waals surface area contributed by atoms with Gasteiger partial charge in [0.15, 0.2) is 0 Å². The first-order chi connectivity index (χ1) is 10.6. The van der Waals surface area contributed by atoms with Gasteiger partial charge in [0, 0.05) is 10.8 Å². The van der Waals surface area contributed by atoms with E-state index in [1.807, 2.05) is 31.2 Å². The van der Waals surface area contributed by atoms with Gasteiger partial charge in [-0.1, -0.05) is 24.1 Å². The van der Waals surface area contributed by atoms with Crippen LogP contribution in [0.5, 0.6) is 0 Å². The molecule has 1 aromatic carbocycles. The molecule has 2 aliphatic rings. The first-order valence-electron chi connectivity index (χ1n) is 7.90. The van der Waals surface area contributed by atoms with E-state index < -0.39 is 0 Å². The fourth-order valence-corrected chi connectivity index (χ4v) is 4.31. The number of fused-ring (bicyclic) bond motifs is 2. The highest BCUT2D eigenvalue weighted by Gasteiger charge is 2.43. The number of carbonyl (C=O) groups excluding carboxylic acids is 2. The van der Waals surface area contributed by atoms with Gasteiger partial charge in [-0.3, -0.25) is 20.4 Å². The van der Waals surface area contributed by atoms with Gasteiger partial charge in [0.05, 0.1) is 5.75 Å². The summed E-state index contributed by atoms with van der Waals surface area (Å²) >= 11 is 1.47. The van der Waals surface area contributed by atoms with E-state index in [2.05, 4.69) is 10.9 Å². The number of thioether (sulfide) groups is 1. The number of hydrazine groups is 1. The van der Waals surface area contributed by atoms with Gasteiger partial charge < -0.3 is 0 Å². The number of hydrogen-bond donors (Lipinski definition) is 2. The van der Waals surface area contributed by atoms with Crippen LogP contribution in [0, 0.1) is 24.7 Å². The maximum absolute atomic E-state index is 12.1. The minimum atomic E-state index is -0.165. The maximum Gasteiger partial charge on any atom is 0.248 e. The van der Waals surface area contributed by atoms with E-state index in [1.54, 1.807) is 0 Å². The zero-order chi connectivity index (χ0) is 15.5. The van der Waals surface area contributed by atoms with Crippen LogP contribution in [-0.2, 0) is 9.59 Å². The summed E-state index contributed by atoms with van der Waals surface area (Å²) in [4.78, 5) is 25.0. The second kappa shape index (κ2) is 6.73. The molecular weight excluding hydrogens is 296 g/mol. The third kappa shape index (κ3) is 3.64. The molecular formula is C17H22N2O2S. The van der Waals surface area contributed by atoms with Crippen molar-refractivity contribution in [3.8, 4) is 0 Å². The zero-order valence-electron chi connectivity index (χ0n) is 12.8. The molecule has 22 heavy (non-hydrogen) atoms. The predicted octanol–water partition coefficient (Wildman–Crippen LogP) is 2.67. The largest absolute Gasteiger partial charge is 0.273 e. The fraction of sp³-hybridized carbons (Fsp3) is 0.529. The van der Waals surface area contributed by atoms with Crippen molar-refractivity contribution in [2.24, 2.45) is 17.8 Å². The molecule has 3 unspecified atom stereocenters. The summed E-state index contributed by atoms with van der Waals surface area (Å²) in [7, 11) is 0. The normalized spacial score (nSPS) is 26.0. The maximum atomic E-state index is 12.1. The van der Waals surface area contributed by atoms with Crippen molar-refractivity contribution in [1.82, 2.24) is 10.9 Å². The van der Waals surface area contributed by atoms with Crippen LogP contribution in [-0.4, -0.2) is 17.6 Å². The second-order valence-electron chi connectivity index (χ2n) is 6.42. The summed E-state index contributed by atoms with van der Waals surface area (Å²) in [6, 6.07) is 8.05. The van der Waals surface area contributed by atoms with Gasteiger partial charge >= 0.3 is 0 Å². The van der Waals surface area contributed by atoms with Gasteiger partial charge in [0.2, 0.25) is 11.8 Å². The summed E-state index contributed by atoms with van der Waals surface area (Å²) in [5.41, 5.74) is 6.34. The molecule has 2 amide bonds. The van der Waals surface area contributed by atoms with Crippen LogP contribution in [0.2, 0.25) is 0 Å². The number of nitrogens with one attached hydrogen (secondary N) is 2. The van der Waals surface area contributed by atoms with Crippen LogP contribution in [0.1, 0.15) is 31.2 Å². The molecule has 1 aromatic rings. The Kier molecular flexibility index (Phi) is 4.71. The molecule has 0 aliphatic heterocycles. The number of aryl methyl sites for hydroxylation is 1. The Morgan fingerprint density at radius 2 is 1.91 bits per heavy atom. The molecule has 0 saturated heterocycles. The lowest BCUT2D eigenvalue weighted by molar-refractivity contribution is -0.131. The summed E-state index contributed by atoms with van der Waals surface area (Å²) < 4.78 is 0. The van der Waals surface area contributed by atoms with Crippen LogP contribution < -0.4 is 10.9 Å². The van der Waals surface area contributed by atoms with Crippen LogP contribution in [0.3, 0.4) is 0 Å². The number of carbonyl (C=O) groups is 2. The highest BCUT2D eigenvalue weighted by Crippen LogP contribution is 2.48. The van der Waals surface area contributed by atoms with Crippen LogP contribution in [0.25, 0.3) is 0 Å². The molecule has 2 bridgehead atoms. The minimum absolute atomic E-state index is 0.0131. The second-order valence-corrected chi connectivity index (χ2v) is 7.47. The van der Waals surface area contributed by atoms with Crippen molar-refractivity contribution in [3.63, 3.8) is 0 Å². The summed E-state index contributed by atoms with van der Waals surface area (Å²) in [6.45, 7) is 2.03. The van der Waals surface area contributed by atoms with Crippen LogP contribution >= 0.6 is 11.8 Å². The molecule has 2 fully saturated rings. The standard InChI is InChI=1S/C17H22N2O2S/c1-11-2-6-14(7-3-11)22-10-16(20)18-19-17(21)15-9-12-4-5-13(15)8-12/h2-3,6-7,12-13,15H,4-5,8-10H2,1H3,(H,18,20)(H,19,21). The van der Waals surface area contributed by atoms with E-state index >= 15 is 0 Å². The molecule has 2 N–H and O–H groups in total. The van der Waals surface area contributed by atoms with Crippen molar-refractivity contribution in [2.75, 3.05) is 5.75 Å². The molecule has 4 nitrogen and oxygen atoms in total. The van der Waals surface area contributed by atoms with Gasteiger partial charge in [-0.15, -0.1) is 11.8 Å². The molecule has 118 valence electrons. The lowest BCUT2D eigenvalue weighted by atomic mass is 9.88. The first-order valence-corrected chi connectivity index (χ1v) is 8.88. The summed E-state index contributed by atoms with van der Waals surface area (Å²) in [5.74, 6) is 1.49. The zero-order valence-corrected chi connectivity index (χ0v) is 13.6. The number of amides is 2. The van der Waals surface area contributed by atoms with Crippen LogP contribution in [0.4, 0.5) is 0 Å². The highest BCUT2D eigenvalue weighted by molar-refractivity contribution is 8.00. The van der Waals surface area contributed by atoms with Gasteiger partial charge in [-0.25, -0.2) is 0 Å². The molecule has 2 aliphatic carbocycles. The third-order valence-corrected chi connectivity index (χ3v) is 5.80. The monoisotopic (exact) mass is 318 g/mol. The Morgan fingerprint density at radius 1 is 1.14 bits per heavy atom. The smallest absolute Gasteiger partial charge is 0.248 e. The van der Waals surface area contributed by atoms with E-state index in [1.165, 1.54) is 36.6 Å². The Hall–Kier alpha value is -1.49. The van der Waals surface area contributed by atoms with E-state index in [0.29, 0.717) is 11.7 Å². The number of rotatable bonds is 4. The molecule has 2 saturated carbocycles. The summed E-state index contributed by atoms with van der Waals surface area (Å²) in [5, 5.41) is 0. The third-order valence-electron chi connectivity index (χ3n) is 4.79. The quantitative estimate of drug-likeness (QED) is 0.663. The highest BCUT2D eigenvalue weighted by atomic mass is 32.2. The van der Waals surface area contributed by atoms with Crippen LogP contribution in [0.15, 0.2) is 29.2 Å². The van der Waals surface area contributed by atoms with Crippen molar-refractivity contribution in [1.29, 1.82) is 0 Å². The molecule has 3 atom stereocenters. The molecule has 0 radical (unpaired) electrons. The number of hydrogen-bond acceptors (Lipinski definition) is 3. The average Bonchev–Trinajstić information content (AvgIpc) is 3.15. The van der Waals surface area contributed by atoms with E-state index in [-0.39, 0.29) is 17.7 Å². The Morgan fingerprint density at radius 3 is 2.55 bits per heavy atom. The lowest BCUT2D eigenvalue weighted by Crippen LogP contribution is -2.46. The Labute approximate surface area is 135 Å². The van der Waals surface area contributed by atoms with Gasteiger partial charge in [-0.2, -0.15) is 0 Å². The van der Waals surface area contributed by atoms with Crippen molar-refractivity contribution in [3.05, 3.63) is 29.8 Å². The molecule has 3 rings (SSSR count). The summed E-state index contributed by atoms with van der Waals surface area (Å²) in [6.07, 6.45) is 4.62. The Balaban J connectivity index is 1.39. The Bertz CT molecular complexity index is 558. The minimum Gasteiger partial charge on any atom is -0.273 e.